The van der Waals surface area contributed by atoms with E-state index in [1.54, 1.807) is 11.3 Å². The van der Waals surface area contributed by atoms with Crippen molar-refractivity contribution in [3.63, 3.8) is 0 Å². The van der Waals surface area contributed by atoms with E-state index in [2.05, 4.69) is 23.8 Å². The fourth-order valence-electron chi connectivity index (χ4n) is 3.33. The van der Waals surface area contributed by atoms with E-state index in [0.717, 1.165) is 43.3 Å². The molecule has 2 aliphatic heterocycles. The van der Waals surface area contributed by atoms with Crippen molar-refractivity contribution in [1.82, 2.24) is 4.90 Å². The highest BCUT2D eigenvalue weighted by atomic mass is 35.5. The molecule has 2 atom stereocenters. The maximum atomic E-state index is 6.22. The van der Waals surface area contributed by atoms with Gasteiger partial charge in [0.25, 0.3) is 0 Å². The van der Waals surface area contributed by atoms with Gasteiger partial charge in [-0.3, -0.25) is 4.90 Å². The maximum absolute atomic E-state index is 6.22. The lowest BCUT2D eigenvalue weighted by molar-refractivity contribution is -0.107. The molecule has 0 amide bonds. The van der Waals surface area contributed by atoms with Crippen LogP contribution in [0.2, 0.25) is 4.34 Å². The summed E-state index contributed by atoms with van der Waals surface area (Å²) in [6.45, 7) is 4.78. The molecule has 0 saturated carbocycles. The van der Waals surface area contributed by atoms with E-state index < -0.39 is 0 Å². The van der Waals surface area contributed by atoms with Crippen LogP contribution in [0, 0.1) is 12.3 Å². The SMILES string of the molecule is C#CCN1CCC2(C[C@@H]1C)OCCc1cc(Cl)sc12. The second-order valence-corrected chi connectivity index (χ2v) is 7.16. The Morgan fingerprint density at radius 2 is 2.53 bits per heavy atom. The third-order valence-electron chi connectivity index (χ3n) is 4.29. The lowest BCUT2D eigenvalue weighted by Gasteiger charge is -2.46. The molecule has 2 aliphatic rings. The van der Waals surface area contributed by atoms with Crippen LogP contribution in [0.3, 0.4) is 0 Å². The summed E-state index contributed by atoms with van der Waals surface area (Å²) in [7, 11) is 0. The second-order valence-electron chi connectivity index (χ2n) is 5.48. The molecule has 3 rings (SSSR count). The Labute approximate surface area is 123 Å². The van der Waals surface area contributed by atoms with Gasteiger partial charge in [0, 0.05) is 17.5 Å². The van der Waals surface area contributed by atoms with Gasteiger partial charge in [-0.05, 0) is 37.8 Å². The fourth-order valence-corrected chi connectivity index (χ4v) is 4.81. The largest absolute Gasteiger partial charge is 0.369 e. The number of thiophene rings is 1. The van der Waals surface area contributed by atoms with Gasteiger partial charge < -0.3 is 4.74 Å². The minimum atomic E-state index is -0.115. The van der Waals surface area contributed by atoms with Gasteiger partial charge in [0.05, 0.1) is 17.5 Å². The van der Waals surface area contributed by atoms with Gasteiger partial charge in [-0.2, -0.15) is 0 Å². The van der Waals surface area contributed by atoms with E-state index in [0.29, 0.717) is 6.04 Å². The molecule has 0 aromatic carbocycles. The number of halogens is 1. The summed E-state index contributed by atoms with van der Waals surface area (Å²) in [6, 6.07) is 2.57. The minimum absolute atomic E-state index is 0.115. The Kier molecular flexibility index (Phi) is 3.61. The summed E-state index contributed by atoms with van der Waals surface area (Å²) in [4.78, 5) is 3.72. The summed E-state index contributed by atoms with van der Waals surface area (Å²) in [5.41, 5.74) is 1.27. The highest BCUT2D eigenvalue weighted by Crippen LogP contribution is 2.47. The molecule has 0 radical (unpaired) electrons. The first-order valence-corrected chi connectivity index (χ1v) is 7.94. The third-order valence-corrected chi connectivity index (χ3v) is 5.78. The summed E-state index contributed by atoms with van der Waals surface area (Å²) in [6.07, 6.45) is 8.45. The molecule has 1 fully saturated rings. The molecule has 1 spiro atoms. The minimum Gasteiger partial charge on any atom is -0.369 e. The fraction of sp³-hybridized carbons (Fsp3) is 0.600. The number of fused-ring (bicyclic) bond motifs is 2. The van der Waals surface area contributed by atoms with Gasteiger partial charge in [-0.15, -0.1) is 17.8 Å². The van der Waals surface area contributed by atoms with E-state index in [9.17, 15) is 0 Å². The molecular formula is C15H18ClNOS. The number of terminal acetylenes is 1. The van der Waals surface area contributed by atoms with Crippen LogP contribution in [-0.4, -0.2) is 30.6 Å². The van der Waals surface area contributed by atoms with Crippen LogP contribution in [-0.2, 0) is 16.8 Å². The van der Waals surface area contributed by atoms with Crippen molar-refractivity contribution < 1.29 is 4.74 Å². The normalized spacial score (nSPS) is 31.1. The predicted molar refractivity (Wildman–Crippen MR) is 79.8 cm³/mol. The van der Waals surface area contributed by atoms with E-state index in [1.807, 2.05) is 0 Å². The van der Waals surface area contributed by atoms with Gasteiger partial charge in [0.1, 0.15) is 5.60 Å². The van der Waals surface area contributed by atoms with E-state index in [4.69, 9.17) is 22.8 Å². The highest BCUT2D eigenvalue weighted by Gasteiger charge is 2.44. The van der Waals surface area contributed by atoms with Crippen molar-refractivity contribution in [3.8, 4) is 12.3 Å². The molecular weight excluding hydrogens is 278 g/mol. The Morgan fingerprint density at radius 3 is 3.26 bits per heavy atom. The topological polar surface area (TPSA) is 12.5 Å². The van der Waals surface area contributed by atoms with E-state index in [-0.39, 0.29) is 5.60 Å². The molecule has 102 valence electrons. The zero-order valence-corrected chi connectivity index (χ0v) is 12.7. The van der Waals surface area contributed by atoms with Crippen LogP contribution in [0.5, 0.6) is 0 Å². The third kappa shape index (κ3) is 2.32. The average molecular weight is 296 g/mol. The highest BCUT2D eigenvalue weighted by molar-refractivity contribution is 7.16. The first-order chi connectivity index (χ1) is 9.14. The van der Waals surface area contributed by atoms with E-state index in [1.165, 1.54) is 10.4 Å². The molecule has 0 N–H and O–H groups in total. The number of nitrogens with zero attached hydrogens (tertiary/aromatic N) is 1. The van der Waals surface area contributed by atoms with Crippen LogP contribution >= 0.6 is 22.9 Å². The Bertz CT molecular complexity index is 521. The number of piperidine rings is 1. The number of rotatable bonds is 1. The van der Waals surface area contributed by atoms with Gasteiger partial charge in [-0.1, -0.05) is 17.5 Å². The number of hydrogen-bond acceptors (Lipinski definition) is 3. The Morgan fingerprint density at radius 1 is 1.68 bits per heavy atom. The zero-order valence-electron chi connectivity index (χ0n) is 11.1. The predicted octanol–water partition coefficient (Wildman–Crippen LogP) is 3.29. The zero-order chi connectivity index (χ0) is 13.5. The molecule has 19 heavy (non-hydrogen) atoms. The van der Waals surface area contributed by atoms with Crippen LogP contribution in [0.1, 0.15) is 30.2 Å². The molecule has 0 bridgehead atoms. The van der Waals surface area contributed by atoms with Gasteiger partial charge >= 0.3 is 0 Å². The van der Waals surface area contributed by atoms with Gasteiger partial charge in [0.15, 0.2) is 0 Å². The summed E-state index contributed by atoms with van der Waals surface area (Å²) >= 11 is 7.89. The monoisotopic (exact) mass is 295 g/mol. The molecule has 1 saturated heterocycles. The van der Waals surface area contributed by atoms with Crippen molar-refractivity contribution in [2.75, 3.05) is 19.7 Å². The van der Waals surface area contributed by atoms with Crippen molar-refractivity contribution in [3.05, 3.63) is 20.8 Å². The van der Waals surface area contributed by atoms with Crippen LogP contribution in [0.4, 0.5) is 0 Å². The summed E-state index contributed by atoms with van der Waals surface area (Å²) < 4.78 is 7.10. The number of likely N-dealkylation sites (tertiary alicyclic amines) is 1. The van der Waals surface area contributed by atoms with Gasteiger partial charge in [-0.25, -0.2) is 0 Å². The van der Waals surface area contributed by atoms with Crippen molar-refractivity contribution in [2.24, 2.45) is 0 Å². The van der Waals surface area contributed by atoms with Crippen LogP contribution < -0.4 is 0 Å². The number of hydrogen-bond donors (Lipinski definition) is 0. The van der Waals surface area contributed by atoms with Gasteiger partial charge in [0.2, 0.25) is 0 Å². The molecule has 3 heterocycles. The van der Waals surface area contributed by atoms with Crippen LogP contribution in [0.15, 0.2) is 6.07 Å². The summed E-state index contributed by atoms with van der Waals surface area (Å²) in [5.74, 6) is 2.75. The Balaban J connectivity index is 1.88. The maximum Gasteiger partial charge on any atom is 0.105 e. The van der Waals surface area contributed by atoms with Crippen LogP contribution in [0.25, 0.3) is 0 Å². The van der Waals surface area contributed by atoms with Crippen molar-refractivity contribution in [2.45, 2.75) is 37.8 Å². The molecule has 1 aromatic rings. The molecule has 1 unspecified atom stereocenters. The van der Waals surface area contributed by atoms with Crippen molar-refractivity contribution >= 4 is 22.9 Å². The molecule has 2 nitrogen and oxygen atoms in total. The molecule has 1 aromatic heterocycles. The Hall–Kier alpha value is -0.530. The summed E-state index contributed by atoms with van der Waals surface area (Å²) in [5, 5.41) is 0. The van der Waals surface area contributed by atoms with Crippen molar-refractivity contribution in [1.29, 1.82) is 0 Å². The standard InChI is InChI=1S/C15H18ClNOS/c1-3-6-17-7-5-15(10-11(17)2)14-12(4-8-18-15)9-13(16)19-14/h1,9,11H,4-8,10H2,2H3/t11-,15?/m0/s1. The number of ether oxygens (including phenoxy) is 1. The average Bonchev–Trinajstić information content (AvgIpc) is 2.76. The lowest BCUT2D eigenvalue weighted by Crippen LogP contribution is -2.50. The lowest BCUT2D eigenvalue weighted by atomic mass is 9.82. The first-order valence-electron chi connectivity index (χ1n) is 6.75. The molecule has 0 aliphatic carbocycles. The van der Waals surface area contributed by atoms with E-state index >= 15 is 0 Å². The quantitative estimate of drug-likeness (QED) is 0.737. The second kappa shape index (κ2) is 5.10. The smallest absolute Gasteiger partial charge is 0.105 e. The molecule has 4 heteroatoms. The first kappa shape index (κ1) is 13.5.